The summed E-state index contributed by atoms with van der Waals surface area (Å²) in [5.41, 5.74) is 2.25. The molecule has 1 fully saturated rings. The molecule has 0 unspecified atom stereocenters. The van der Waals surface area contributed by atoms with Crippen molar-refractivity contribution < 1.29 is 9.21 Å². The number of benzene rings is 2. The van der Waals surface area contributed by atoms with Crippen molar-refractivity contribution in [3.63, 3.8) is 0 Å². The second kappa shape index (κ2) is 4.84. The maximum absolute atomic E-state index is 12.8. The Kier molecular flexibility index (Phi) is 2.72. The van der Waals surface area contributed by atoms with Gasteiger partial charge < -0.3 is 14.6 Å². The van der Waals surface area contributed by atoms with Crippen LogP contribution in [0.15, 0.2) is 52.9 Å². The van der Waals surface area contributed by atoms with E-state index in [1.54, 1.807) is 0 Å². The molecular weight excluding hydrogens is 316 g/mol. The monoisotopic (exact) mass is 330 g/mol. The van der Waals surface area contributed by atoms with Crippen molar-refractivity contribution in [3.05, 3.63) is 54.1 Å². The molecule has 1 aromatic heterocycles. The van der Waals surface area contributed by atoms with Gasteiger partial charge in [-0.25, -0.2) is 0 Å². The Hall–Kier alpha value is -3.33. The van der Waals surface area contributed by atoms with Gasteiger partial charge in [-0.15, -0.1) is 0 Å². The molecule has 1 saturated heterocycles. The highest BCUT2D eigenvalue weighted by molar-refractivity contribution is 6.07. The summed E-state index contributed by atoms with van der Waals surface area (Å²) < 4.78 is 5.84. The highest BCUT2D eigenvalue weighted by Gasteiger charge is 2.58. The van der Waals surface area contributed by atoms with Crippen molar-refractivity contribution >= 4 is 28.7 Å². The van der Waals surface area contributed by atoms with Crippen LogP contribution in [0, 0.1) is 17.2 Å². The van der Waals surface area contributed by atoms with E-state index < -0.39 is 11.3 Å². The number of oxazole rings is 1. The Bertz CT molecular complexity index is 1020. The van der Waals surface area contributed by atoms with E-state index in [1.165, 1.54) is 0 Å². The summed E-state index contributed by atoms with van der Waals surface area (Å²) >= 11 is 0. The average molecular weight is 330 g/mol. The third kappa shape index (κ3) is 1.78. The smallest absolute Gasteiger partial charge is 0.298 e. The quantitative estimate of drug-likeness (QED) is 0.742. The molecule has 3 aromatic rings. The molecule has 1 amide bonds. The molecular formula is C19H14N4O2. The standard InChI is InChI=1S/C19H14N4O2/c20-9-12-10-23(18-22-15-7-3-4-8-16(15)25-18)11-19(12)13-5-1-2-6-14(13)21-17(19)24/h1-8,12H,10-11H2,(H,21,24)/t12-,19+/m1/s1. The summed E-state index contributed by atoms with van der Waals surface area (Å²) in [6.07, 6.45) is 0. The lowest BCUT2D eigenvalue weighted by atomic mass is 9.74. The first-order chi connectivity index (χ1) is 12.2. The van der Waals surface area contributed by atoms with E-state index in [0.717, 1.165) is 16.8 Å². The Labute approximate surface area is 143 Å². The van der Waals surface area contributed by atoms with Gasteiger partial charge in [0.2, 0.25) is 5.91 Å². The highest BCUT2D eigenvalue weighted by Crippen LogP contribution is 2.48. The predicted molar refractivity (Wildman–Crippen MR) is 92.1 cm³/mol. The molecule has 2 atom stereocenters. The SMILES string of the molecule is N#C[C@@H]1CN(c2nc3ccccc3o2)C[C@]12C(=O)Nc1ccccc12. The molecule has 0 bridgehead atoms. The number of carbonyl (C=O) groups excluding carboxylic acids is 1. The van der Waals surface area contributed by atoms with Gasteiger partial charge in [-0.2, -0.15) is 10.2 Å². The molecule has 122 valence electrons. The first-order valence-electron chi connectivity index (χ1n) is 8.13. The van der Waals surface area contributed by atoms with Crippen LogP contribution in [-0.2, 0) is 10.2 Å². The Morgan fingerprint density at radius 1 is 1.24 bits per heavy atom. The maximum Gasteiger partial charge on any atom is 0.298 e. The Morgan fingerprint density at radius 3 is 2.88 bits per heavy atom. The minimum absolute atomic E-state index is 0.126. The largest absolute Gasteiger partial charge is 0.423 e. The Morgan fingerprint density at radius 2 is 2.04 bits per heavy atom. The van der Waals surface area contributed by atoms with Crippen molar-refractivity contribution in [2.45, 2.75) is 5.41 Å². The zero-order chi connectivity index (χ0) is 17.0. The third-order valence-electron chi connectivity index (χ3n) is 5.21. The number of aromatic nitrogens is 1. The second-order valence-corrected chi connectivity index (χ2v) is 6.50. The molecule has 3 heterocycles. The molecule has 0 radical (unpaired) electrons. The van der Waals surface area contributed by atoms with Crippen molar-refractivity contribution in [1.82, 2.24) is 4.98 Å². The van der Waals surface area contributed by atoms with Crippen molar-refractivity contribution in [1.29, 1.82) is 5.26 Å². The number of rotatable bonds is 1. The molecule has 0 aliphatic carbocycles. The number of fused-ring (bicyclic) bond motifs is 3. The van der Waals surface area contributed by atoms with E-state index in [2.05, 4.69) is 16.4 Å². The van der Waals surface area contributed by atoms with E-state index in [0.29, 0.717) is 24.7 Å². The second-order valence-electron chi connectivity index (χ2n) is 6.50. The molecule has 25 heavy (non-hydrogen) atoms. The summed E-state index contributed by atoms with van der Waals surface area (Å²) in [6.45, 7) is 0.784. The number of hydrogen-bond acceptors (Lipinski definition) is 5. The van der Waals surface area contributed by atoms with E-state index in [9.17, 15) is 10.1 Å². The predicted octanol–water partition coefficient (Wildman–Crippen LogP) is 2.68. The number of para-hydroxylation sites is 3. The van der Waals surface area contributed by atoms with Crippen LogP contribution in [0.1, 0.15) is 5.56 Å². The first-order valence-corrected chi connectivity index (χ1v) is 8.13. The fraction of sp³-hybridized carbons (Fsp3) is 0.211. The average Bonchev–Trinajstić information content (AvgIpc) is 3.30. The number of carbonyl (C=O) groups is 1. The molecule has 1 N–H and O–H groups in total. The van der Waals surface area contributed by atoms with E-state index in [-0.39, 0.29) is 5.91 Å². The molecule has 2 aliphatic heterocycles. The van der Waals surface area contributed by atoms with E-state index in [4.69, 9.17) is 4.42 Å². The zero-order valence-corrected chi connectivity index (χ0v) is 13.3. The van der Waals surface area contributed by atoms with Gasteiger partial charge in [-0.05, 0) is 23.8 Å². The molecule has 2 aliphatic rings. The highest BCUT2D eigenvalue weighted by atomic mass is 16.4. The van der Waals surface area contributed by atoms with Gasteiger partial charge in [0, 0.05) is 18.8 Å². The van der Waals surface area contributed by atoms with Gasteiger partial charge in [-0.1, -0.05) is 30.3 Å². The number of nitrogens with one attached hydrogen (secondary N) is 1. The number of amides is 1. The summed E-state index contributed by atoms with van der Waals surface area (Å²) in [4.78, 5) is 19.2. The van der Waals surface area contributed by atoms with Crippen LogP contribution in [0.3, 0.4) is 0 Å². The lowest BCUT2D eigenvalue weighted by Crippen LogP contribution is -2.41. The first kappa shape index (κ1) is 14.1. The fourth-order valence-electron chi connectivity index (χ4n) is 3.98. The normalized spacial score (nSPS) is 24.5. The summed E-state index contributed by atoms with van der Waals surface area (Å²) in [6, 6.07) is 17.9. The fourth-order valence-corrected chi connectivity index (χ4v) is 3.98. The van der Waals surface area contributed by atoms with Gasteiger partial charge in [0.25, 0.3) is 6.01 Å². The van der Waals surface area contributed by atoms with Crippen LogP contribution in [-0.4, -0.2) is 24.0 Å². The molecule has 6 heteroatoms. The molecule has 1 spiro atoms. The van der Waals surface area contributed by atoms with Gasteiger partial charge in [0.15, 0.2) is 5.58 Å². The van der Waals surface area contributed by atoms with Gasteiger partial charge in [-0.3, -0.25) is 4.79 Å². The van der Waals surface area contributed by atoms with Crippen molar-refractivity contribution in [3.8, 4) is 6.07 Å². The van der Waals surface area contributed by atoms with Gasteiger partial charge in [0.05, 0.1) is 12.0 Å². The zero-order valence-electron chi connectivity index (χ0n) is 13.3. The summed E-state index contributed by atoms with van der Waals surface area (Å²) in [7, 11) is 0. The van der Waals surface area contributed by atoms with E-state index in [1.807, 2.05) is 53.4 Å². The van der Waals surface area contributed by atoms with Crippen LogP contribution in [0.2, 0.25) is 0 Å². The van der Waals surface area contributed by atoms with Crippen LogP contribution >= 0.6 is 0 Å². The number of anilines is 2. The molecule has 5 rings (SSSR count). The molecule has 0 saturated carbocycles. The molecule has 6 nitrogen and oxygen atoms in total. The maximum atomic E-state index is 12.8. The Balaban J connectivity index is 1.61. The minimum Gasteiger partial charge on any atom is -0.423 e. The molecule has 2 aromatic carbocycles. The van der Waals surface area contributed by atoms with Crippen molar-refractivity contribution in [2.24, 2.45) is 5.92 Å². The summed E-state index contributed by atoms with van der Waals surface area (Å²) in [5.74, 6) is -0.593. The topological polar surface area (TPSA) is 82.2 Å². The van der Waals surface area contributed by atoms with Crippen LogP contribution in [0.4, 0.5) is 11.7 Å². The van der Waals surface area contributed by atoms with Crippen LogP contribution < -0.4 is 10.2 Å². The summed E-state index contributed by atoms with van der Waals surface area (Å²) in [5, 5.41) is 12.7. The number of nitrogens with zero attached hydrogens (tertiary/aromatic N) is 3. The number of nitriles is 1. The minimum atomic E-state index is -0.883. The lowest BCUT2D eigenvalue weighted by molar-refractivity contribution is -0.120. The van der Waals surface area contributed by atoms with Crippen LogP contribution in [0.5, 0.6) is 0 Å². The van der Waals surface area contributed by atoms with Crippen LogP contribution in [0.25, 0.3) is 11.1 Å². The van der Waals surface area contributed by atoms with Gasteiger partial charge in [0.1, 0.15) is 10.9 Å². The lowest BCUT2D eigenvalue weighted by Gasteiger charge is -2.23. The number of hydrogen-bond donors (Lipinski definition) is 1. The van der Waals surface area contributed by atoms with Crippen molar-refractivity contribution in [2.75, 3.05) is 23.3 Å². The van der Waals surface area contributed by atoms with E-state index >= 15 is 0 Å². The third-order valence-corrected chi connectivity index (χ3v) is 5.21. The van der Waals surface area contributed by atoms with Gasteiger partial charge >= 0.3 is 0 Å².